The molecule has 6 heteroatoms. The van der Waals surface area contributed by atoms with Crippen molar-refractivity contribution in [2.75, 3.05) is 6.61 Å². The summed E-state index contributed by atoms with van der Waals surface area (Å²) in [6.07, 6.45) is 0.226. The van der Waals surface area contributed by atoms with Crippen LogP contribution in [0, 0.1) is 0 Å². The molecular formula is C9H10Br2N2O2. The molecule has 1 rings (SSSR count). The summed E-state index contributed by atoms with van der Waals surface area (Å²) in [4.78, 5) is 10.8. The SMILES string of the molecule is NNC(=O)CCOc1c(Br)cccc1Br. The molecule has 0 spiro atoms. The highest BCUT2D eigenvalue weighted by Crippen LogP contribution is 2.32. The number of halogens is 2. The molecule has 0 aliphatic carbocycles. The van der Waals surface area contributed by atoms with Gasteiger partial charge >= 0.3 is 0 Å². The molecule has 0 unspecified atom stereocenters. The second kappa shape index (κ2) is 6.09. The van der Waals surface area contributed by atoms with E-state index in [0.29, 0.717) is 5.75 Å². The molecule has 0 saturated carbocycles. The average Bonchev–Trinajstić information content (AvgIpc) is 2.22. The number of nitrogens with two attached hydrogens (primary N) is 1. The van der Waals surface area contributed by atoms with Gasteiger partial charge in [0.15, 0.2) is 0 Å². The summed E-state index contributed by atoms with van der Waals surface area (Å²) in [6, 6.07) is 5.61. The number of ether oxygens (including phenoxy) is 1. The summed E-state index contributed by atoms with van der Waals surface area (Å²) >= 11 is 6.70. The third kappa shape index (κ3) is 3.81. The third-order valence-electron chi connectivity index (χ3n) is 1.66. The van der Waals surface area contributed by atoms with Gasteiger partial charge in [-0.15, -0.1) is 0 Å². The van der Waals surface area contributed by atoms with E-state index in [1.807, 2.05) is 23.6 Å². The maximum atomic E-state index is 10.8. The molecule has 3 N–H and O–H groups in total. The zero-order valence-corrected chi connectivity index (χ0v) is 11.0. The average molecular weight is 338 g/mol. The maximum absolute atomic E-state index is 10.8. The van der Waals surface area contributed by atoms with Crippen molar-refractivity contribution in [2.45, 2.75) is 6.42 Å². The molecule has 0 saturated heterocycles. The Morgan fingerprint density at radius 2 is 2.00 bits per heavy atom. The zero-order valence-electron chi connectivity index (χ0n) is 7.80. The molecule has 0 bridgehead atoms. The molecule has 0 aliphatic rings. The Hall–Kier alpha value is -0.590. The van der Waals surface area contributed by atoms with Crippen LogP contribution in [-0.4, -0.2) is 12.5 Å². The van der Waals surface area contributed by atoms with Crippen molar-refractivity contribution >= 4 is 37.8 Å². The van der Waals surface area contributed by atoms with Crippen LogP contribution >= 0.6 is 31.9 Å². The van der Waals surface area contributed by atoms with Crippen LogP contribution in [0.3, 0.4) is 0 Å². The Morgan fingerprint density at radius 3 is 2.53 bits per heavy atom. The monoisotopic (exact) mass is 336 g/mol. The van der Waals surface area contributed by atoms with Gasteiger partial charge in [0.05, 0.1) is 22.0 Å². The lowest BCUT2D eigenvalue weighted by molar-refractivity contribution is -0.121. The highest BCUT2D eigenvalue weighted by atomic mass is 79.9. The molecule has 15 heavy (non-hydrogen) atoms. The fraction of sp³-hybridized carbons (Fsp3) is 0.222. The Balaban J connectivity index is 2.54. The first-order chi connectivity index (χ1) is 7.15. The summed E-state index contributed by atoms with van der Waals surface area (Å²) in [6.45, 7) is 0.282. The number of hydrazine groups is 1. The van der Waals surface area contributed by atoms with Gasteiger partial charge in [-0.3, -0.25) is 10.2 Å². The van der Waals surface area contributed by atoms with E-state index in [9.17, 15) is 4.79 Å². The Bertz CT molecular complexity index is 338. The molecule has 1 amide bonds. The molecule has 0 aliphatic heterocycles. The van der Waals surface area contributed by atoms with Gasteiger partial charge in [0, 0.05) is 0 Å². The predicted molar refractivity (Wildman–Crippen MR) is 64.3 cm³/mol. The molecule has 4 nitrogen and oxygen atoms in total. The highest BCUT2D eigenvalue weighted by molar-refractivity contribution is 9.11. The van der Waals surface area contributed by atoms with Gasteiger partial charge < -0.3 is 4.74 Å². The van der Waals surface area contributed by atoms with Gasteiger partial charge in [-0.1, -0.05) is 6.07 Å². The predicted octanol–water partition coefficient (Wildman–Crippen LogP) is 1.97. The fourth-order valence-electron chi connectivity index (χ4n) is 0.938. The van der Waals surface area contributed by atoms with Crippen LogP contribution in [-0.2, 0) is 4.79 Å². The van der Waals surface area contributed by atoms with Crippen LogP contribution in [0.25, 0.3) is 0 Å². The smallest absolute Gasteiger partial charge is 0.237 e. The first-order valence-electron chi connectivity index (χ1n) is 4.21. The number of hydrogen-bond acceptors (Lipinski definition) is 3. The lowest BCUT2D eigenvalue weighted by atomic mass is 10.3. The van der Waals surface area contributed by atoms with E-state index in [1.165, 1.54) is 0 Å². The number of amides is 1. The van der Waals surface area contributed by atoms with Gasteiger partial charge in [-0.2, -0.15) is 0 Å². The summed E-state index contributed by atoms with van der Waals surface area (Å²) in [5.41, 5.74) is 2.04. The zero-order chi connectivity index (χ0) is 11.3. The molecule has 1 aromatic carbocycles. The van der Waals surface area contributed by atoms with E-state index in [4.69, 9.17) is 10.6 Å². The minimum atomic E-state index is -0.252. The second-order valence-corrected chi connectivity index (χ2v) is 4.43. The van der Waals surface area contributed by atoms with Crippen molar-refractivity contribution < 1.29 is 9.53 Å². The van der Waals surface area contributed by atoms with Crippen molar-refractivity contribution in [3.8, 4) is 5.75 Å². The molecule has 0 heterocycles. The Labute approximate surface area is 104 Å². The van der Waals surface area contributed by atoms with Crippen molar-refractivity contribution in [2.24, 2.45) is 5.84 Å². The summed E-state index contributed by atoms with van der Waals surface area (Å²) < 4.78 is 7.11. The first kappa shape index (κ1) is 12.5. The second-order valence-electron chi connectivity index (χ2n) is 2.72. The molecule has 82 valence electrons. The van der Waals surface area contributed by atoms with E-state index in [1.54, 1.807) is 0 Å². The Morgan fingerprint density at radius 1 is 1.40 bits per heavy atom. The topological polar surface area (TPSA) is 64.3 Å². The number of para-hydroxylation sites is 1. The van der Waals surface area contributed by atoms with Crippen LogP contribution in [0.2, 0.25) is 0 Å². The van der Waals surface area contributed by atoms with Crippen molar-refractivity contribution in [1.29, 1.82) is 0 Å². The van der Waals surface area contributed by atoms with Crippen LogP contribution in [0.1, 0.15) is 6.42 Å². The van der Waals surface area contributed by atoms with Gasteiger partial charge in [-0.25, -0.2) is 5.84 Å². The van der Waals surface area contributed by atoms with Crippen LogP contribution in [0.15, 0.2) is 27.1 Å². The van der Waals surface area contributed by atoms with Gasteiger partial charge in [0.2, 0.25) is 5.91 Å². The lowest BCUT2D eigenvalue weighted by Gasteiger charge is -2.09. The lowest BCUT2D eigenvalue weighted by Crippen LogP contribution is -2.31. The van der Waals surface area contributed by atoms with Crippen LogP contribution < -0.4 is 16.0 Å². The maximum Gasteiger partial charge on any atom is 0.237 e. The molecular weight excluding hydrogens is 328 g/mol. The number of rotatable bonds is 4. The number of hydrogen-bond donors (Lipinski definition) is 2. The number of nitrogens with one attached hydrogen (secondary N) is 1. The van der Waals surface area contributed by atoms with Crippen LogP contribution in [0.5, 0.6) is 5.75 Å². The first-order valence-corrected chi connectivity index (χ1v) is 5.80. The molecule has 0 aromatic heterocycles. The standard InChI is InChI=1S/C9H10Br2N2O2/c10-6-2-1-3-7(11)9(6)15-5-4-8(14)13-12/h1-3H,4-5,12H2,(H,13,14). The van der Waals surface area contributed by atoms with E-state index in [2.05, 4.69) is 31.9 Å². The van der Waals surface area contributed by atoms with E-state index in [-0.39, 0.29) is 18.9 Å². The quantitative estimate of drug-likeness (QED) is 0.501. The van der Waals surface area contributed by atoms with Crippen LogP contribution in [0.4, 0.5) is 0 Å². The molecule has 0 fully saturated rings. The van der Waals surface area contributed by atoms with Crippen molar-refractivity contribution in [3.63, 3.8) is 0 Å². The van der Waals surface area contributed by atoms with E-state index >= 15 is 0 Å². The summed E-state index contributed by atoms with van der Waals surface area (Å²) in [7, 11) is 0. The summed E-state index contributed by atoms with van der Waals surface area (Å²) in [5.74, 6) is 5.37. The van der Waals surface area contributed by atoms with Gasteiger partial charge in [-0.05, 0) is 44.0 Å². The summed E-state index contributed by atoms with van der Waals surface area (Å²) in [5, 5.41) is 0. The molecule has 0 radical (unpaired) electrons. The van der Waals surface area contributed by atoms with Crippen molar-refractivity contribution in [1.82, 2.24) is 5.43 Å². The normalized spacial score (nSPS) is 9.80. The van der Waals surface area contributed by atoms with E-state index in [0.717, 1.165) is 8.95 Å². The van der Waals surface area contributed by atoms with Gasteiger partial charge in [0.25, 0.3) is 0 Å². The number of benzene rings is 1. The number of carbonyl (C=O) groups is 1. The largest absolute Gasteiger partial charge is 0.491 e. The Kier molecular flexibility index (Phi) is 5.07. The van der Waals surface area contributed by atoms with Crippen molar-refractivity contribution in [3.05, 3.63) is 27.1 Å². The number of carbonyl (C=O) groups excluding carboxylic acids is 1. The highest BCUT2D eigenvalue weighted by Gasteiger charge is 2.06. The third-order valence-corrected chi connectivity index (χ3v) is 2.90. The van der Waals surface area contributed by atoms with Gasteiger partial charge in [0.1, 0.15) is 5.75 Å². The fourth-order valence-corrected chi connectivity index (χ4v) is 2.17. The molecule has 1 aromatic rings. The van der Waals surface area contributed by atoms with E-state index < -0.39 is 0 Å². The minimum Gasteiger partial charge on any atom is -0.491 e. The molecule has 0 atom stereocenters. The minimum absolute atomic E-state index is 0.226.